The van der Waals surface area contributed by atoms with Gasteiger partial charge in [-0.05, 0) is 30.3 Å². The summed E-state index contributed by atoms with van der Waals surface area (Å²) >= 11 is 3.30. The molecular formula is C16H10BrF2N5O2. The van der Waals surface area contributed by atoms with Gasteiger partial charge in [0.15, 0.2) is 0 Å². The maximum absolute atomic E-state index is 13.8. The minimum absolute atomic E-state index is 0.0950. The SMILES string of the molecule is O=[N+]([O-])c1c(Nc2cccc(Br)c2)ncnc1Nc1cc(F)ccc1F. The highest BCUT2D eigenvalue weighted by molar-refractivity contribution is 9.10. The van der Waals surface area contributed by atoms with E-state index in [1.165, 1.54) is 0 Å². The number of nitro groups is 1. The molecule has 1 aromatic heterocycles. The average molecular weight is 422 g/mol. The lowest BCUT2D eigenvalue weighted by Gasteiger charge is -2.11. The zero-order chi connectivity index (χ0) is 18.7. The van der Waals surface area contributed by atoms with E-state index in [2.05, 4.69) is 36.5 Å². The third-order valence-electron chi connectivity index (χ3n) is 3.27. The zero-order valence-corrected chi connectivity index (χ0v) is 14.5. The molecular weight excluding hydrogens is 412 g/mol. The molecule has 0 bridgehead atoms. The minimum atomic E-state index is -0.777. The first-order valence-electron chi connectivity index (χ1n) is 7.18. The molecule has 0 unspecified atom stereocenters. The van der Waals surface area contributed by atoms with Crippen LogP contribution in [0.3, 0.4) is 0 Å². The van der Waals surface area contributed by atoms with Crippen molar-refractivity contribution < 1.29 is 13.7 Å². The van der Waals surface area contributed by atoms with Crippen LogP contribution < -0.4 is 10.6 Å². The van der Waals surface area contributed by atoms with Crippen LogP contribution in [-0.2, 0) is 0 Å². The first-order valence-corrected chi connectivity index (χ1v) is 7.97. The Kier molecular flexibility index (Phi) is 5.03. The Morgan fingerprint density at radius 3 is 2.46 bits per heavy atom. The van der Waals surface area contributed by atoms with Gasteiger partial charge in [0.1, 0.15) is 18.0 Å². The summed E-state index contributed by atoms with van der Waals surface area (Å²) in [5.41, 5.74) is -0.236. The van der Waals surface area contributed by atoms with Gasteiger partial charge in [-0.3, -0.25) is 10.1 Å². The Morgan fingerprint density at radius 2 is 1.77 bits per heavy atom. The number of benzene rings is 2. The van der Waals surface area contributed by atoms with Gasteiger partial charge in [-0.2, -0.15) is 0 Å². The van der Waals surface area contributed by atoms with Crippen LogP contribution in [0.15, 0.2) is 53.3 Å². The molecule has 0 aliphatic rings. The molecule has 0 amide bonds. The van der Waals surface area contributed by atoms with Crippen LogP contribution in [0.4, 0.5) is 37.5 Å². The number of anilines is 4. The second-order valence-corrected chi connectivity index (χ2v) is 5.98. The van der Waals surface area contributed by atoms with Crippen molar-refractivity contribution in [1.29, 1.82) is 0 Å². The smallest absolute Gasteiger partial charge is 0.334 e. The number of nitrogens with one attached hydrogen (secondary N) is 2. The molecule has 3 rings (SSSR count). The van der Waals surface area contributed by atoms with Crippen molar-refractivity contribution in [1.82, 2.24) is 9.97 Å². The van der Waals surface area contributed by atoms with Crippen LogP contribution in [0.25, 0.3) is 0 Å². The van der Waals surface area contributed by atoms with Gasteiger partial charge in [-0.25, -0.2) is 18.7 Å². The second kappa shape index (κ2) is 7.40. The largest absolute Gasteiger partial charge is 0.353 e. The van der Waals surface area contributed by atoms with Gasteiger partial charge in [0.2, 0.25) is 11.6 Å². The summed E-state index contributed by atoms with van der Waals surface area (Å²) in [6, 6.07) is 9.64. The van der Waals surface area contributed by atoms with E-state index in [0.29, 0.717) is 5.69 Å². The fraction of sp³-hybridized carbons (Fsp3) is 0. The molecule has 1 heterocycles. The van der Waals surface area contributed by atoms with Gasteiger partial charge in [-0.15, -0.1) is 0 Å². The fourth-order valence-corrected chi connectivity index (χ4v) is 2.56. The average Bonchev–Trinajstić information content (AvgIpc) is 2.58. The van der Waals surface area contributed by atoms with E-state index in [1.54, 1.807) is 24.3 Å². The highest BCUT2D eigenvalue weighted by Crippen LogP contribution is 2.34. The van der Waals surface area contributed by atoms with Crippen LogP contribution >= 0.6 is 15.9 Å². The van der Waals surface area contributed by atoms with E-state index in [9.17, 15) is 18.9 Å². The molecule has 26 heavy (non-hydrogen) atoms. The minimum Gasteiger partial charge on any atom is -0.334 e. The lowest BCUT2D eigenvalue weighted by atomic mass is 10.3. The van der Waals surface area contributed by atoms with E-state index in [1.807, 2.05) is 0 Å². The molecule has 2 N–H and O–H groups in total. The standard InChI is InChI=1S/C16H10BrF2N5O2/c17-9-2-1-3-11(6-9)22-15-14(24(25)26)16(21-8-20-15)23-13-7-10(18)4-5-12(13)19/h1-8H,(H2,20,21,22,23). The van der Waals surface area contributed by atoms with Crippen LogP contribution in [0.1, 0.15) is 0 Å². The molecule has 2 aromatic carbocycles. The van der Waals surface area contributed by atoms with Crippen LogP contribution in [0.5, 0.6) is 0 Å². The third-order valence-corrected chi connectivity index (χ3v) is 3.77. The molecule has 0 saturated heterocycles. The van der Waals surface area contributed by atoms with Gasteiger partial charge in [0.25, 0.3) is 0 Å². The summed E-state index contributed by atoms with van der Waals surface area (Å²) in [7, 11) is 0. The lowest BCUT2D eigenvalue weighted by molar-refractivity contribution is -0.383. The molecule has 0 radical (unpaired) electrons. The molecule has 132 valence electrons. The van der Waals surface area contributed by atoms with Crippen LogP contribution in [0, 0.1) is 21.7 Å². The fourth-order valence-electron chi connectivity index (χ4n) is 2.16. The summed E-state index contributed by atoms with van der Waals surface area (Å²) in [5.74, 6) is -1.84. The maximum Gasteiger partial charge on any atom is 0.353 e. The Bertz CT molecular complexity index is 987. The van der Waals surface area contributed by atoms with Crippen molar-refractivity contribution in [3.63, 3.8) is 0 Å². The molecule has 0 saturated carbocycles. The van der Waals surface area contributed by atoms with Crippen molar-refractivity contribution in [3.8, 4) is 0 Å². The molecule has 0 aliphatic carbocycles. The number of rotatable bonds is 5. The first kappa shape index (κ1) is 17.7. The monoisotopic (exact) mass is 421 g/mol. The Balaban J connectivity index is 2.01. The highest BCUT2D eigenvalue weighted by Gasteiger charge is 2.24. The predicted octanol–water partition coefficient (Wildman–Crippen LogP) is 4.91. The molecule has 0 atom stereocenters. The van der Waals surface area contributed by atoms with Crippen molar-refractivity contribution in [3.05, 3.63) is 75.0 Å². The third kappa shape index (κ3) is 3.91. The van der Waals surface area contributed by atoms with Crippen molar-refractivity contribution in [2.45, 2.75) is 0 Å². The van der Waals surface area contributed by atoms with Gasteiger partial charge in [-0.1, -0.05) is 22.0 Å². The first-order chi connectivity index (χ1) is 12.4. The number of aromatic nitrogens is 2. The van der Waals surface area contributed by atoms with Crippen molar-refractivity contribution in [2.24, 2.45) is 0 Å². The van der Waals surface area contributed by atoms with E-state index >= 15 is 0 Å². The zero-order valence-electron chi connectivity index (χ0n) is 12.9. The summed E-state index contributed by atoms with van der Waals surface area (Å²) < 4.78 is 27.9. The Hall–Kier alpha value is -3.14. The molecule has 7 nitrogen and oxygen atoms in total. The van der Waals surface area contributed by atoms with E-state index < -0.39 is 22.2 Å². The molecule has 10 heteroatoms. The van der Waals surface area contributed by atoms with Crippen molar-refractivity contribution in [2.75, 3.05) is 10.6 Å². The second-order valence-electron chi connectivity index (χ2n) is 5.06. The topological polar surface area (TPSA) is 93.0 Å². The normalized spacial score (nSPS) is 10.4. The molecule has 0 spiro atoms. The van der Waals surface area contributed by atoms with Crippen LogP contribution in [-0.4, -0.2) is 14.9 Å². The van der Waals surface area contributed by atoms with E-state index in [-0.39, 0.29) is 17.3 Å². The number of halogens is 3. The Labute approximate surface area is 154 Å². The number of nitrogens with zero attached hydrogens (tertiary/aromatic N) is 3. The number of hydrogen-bond acceptors (Lipinski definition) is 6. The summed E-state index contributed by atoms with van der Waals surface area (Å²) in [6.45, 7) is 0. The number of hydrogen-bond donors (Lipinski definition) is 2. The lowest BCUT2D eigenvalue weighted by Crippen LogP contribution is -2.06. The van der Waals surface area contributed by atoms with Crippen LogP contribution in [0.2, 0.25) is 0 Å². The molecule has 3 aromatic rings. The maximum atomic E-state index is 13.8. The predicted molar refractivity (Wildman–Crippen MR) is 95.8 cm³/mol. The summed E-state index contributed by atoms with van der Waals surface area (Å²) in [4.78, 5) is 18.5. The van der Waals surface area contributed by atoms with Gasteiger partial charge < -0.3 is 10.6 Å². The van der Waals surface area contributed by atoms with Gasteiger partial charge >= 0.3 is 5.69 Å². The van der Waals surface area contributed by atoms with E-state index in [4.69, 9.17) is 0 Å². The molecule has 0 fully saturated rings. The van der Waals surface area contributed by atoms with Gasteiger partial charge in [0, 0.05) is 16.2 Å². The Morgan fingerprint density at radius 1 is 1.04 bits per heavy atom. The highest BCUT2D eigenvalue weighted by atomic mass is 79.9. The van der Waals surface area contributed by atoms with Gasteiger partial charge in [0.05, 0.1) is 10.6 Å². The van der Waals surface area contributed by atoms with E-state index in [0.717, 1.165) is 29.0 Å². The quantitative estimate of drug-likeness (QED) is 0.448. The summed E-state index contributed by atoms with van der Waals surface area (Å²) in [5, 5.41) is 16.8. The molecule has 0 aliphatic heterocycles. The van der Waals surface area contributed by atoms with Crippen molar-refractivity contribution >= 4 is 44.6 Å². The summed E-state index contributed by atoms with van der Waals surface area (Å²) in [6.07, 6.45) is 1.08.